The predicted octanol–water partition coefficient (Wildman–Crippen LogP) is 3.45. The van der Waals surface area contributed by atoms with E-state index >= 15 is 0 Å². The van der Waals surface area contributed by atoms with Gasteiger partial charge in [-0.05, 0) is 36.4 Å². The van der Waals surface area contributed by atoms with Crippen LogP contribution in [0.25, 0.3) is 22.4 Å². The van der Waals surface area contributed by atoms with E-state index in [4.69, 9.17) is 4.42 Å². The van der Waals surface area contributed by atoms with Crippen LogP contribution in [0.2, 0.25) is 0 Å². The molecular formula is C18H13FN4O2S. The number of hydrogen-bond acceptors (Lipinski definition) is 6. The second-order valence-electron chi connectivity index (χ2n) is 5.51. The van der Waals surface area contributed by atoms with Crippen molar-refractivity contribution in [2.45, 2.75) is 11.6 Å². The van der Waals surface area contributed by atoms with Crippen molar-refractivity contribution in [2.75, 3.05) is 5.75 Å². The summed E-state index contributed by atoms with van der Waals surface area (Å²) in [7, 11) is 0. The van der Waals surface area contributed by atoms with Gasteiger partial charge in [-0.3, -0.25) is 4.79 Å². The van der Waals surface area contributed by atoms with Gasteiger partial charge in [-0.2, -0.15) is 0 Å². The fourth-order valence-corrected chi connectivity index (χ4v) is 3.17. The van der Waals surface area contributed by atoms with E-state index in [9.17, 15) is 9.18 Å². The summed E-state index contributed by atoms with van der Waals surface area (Å²) in [6.07, 6.45) is 0.555. The second-order valence-corrected chi connectivity index (χ2v) is 6.55. The van der Waals surface area contributed by atoms with Gasteiger partial charge in [0.05, 0.1) is 10.9 Å². The van der Waals surface area contributed by atoms with E-state index in [1.807, 2.05) is 18.2 Å². The summed E-state index contributed by atoms with van der Waals surface area (Å²) in [5, 5.41) is 8.92. The number of para-hydroxylation sites is 1. The Kier molecular flexibility index (Phi) is 4.49. The largest absolute Gasteiger partial charge is 0.411 e. The summed E-state index contributed by atoms with van der Waals surface area (Å²) in [4.78, 5) is 19.3. The Labute approximate surface area is 151 Å². The lowest BCUT2D eigenvalue weighted by Gasteiger charge is -2.01. The molecule has 0 aliphatic rings. The smallest absolute Gasteiger partial charge is 0.276 e. The highest BCUT2D eigenvalue weighted by atomic mass is 32.2. The lowest BCUT2D eigenvalue weighted by molar-refractivity contribution is 0.466. The third-order valence-corrected chi connectivity index (χ3v) is 4.54. The first-order valence-electron chi connectivity index (χ1n) is 7.89. The number of aromatic nitrogens is 4. The number of nitrogens with one attached hydrogen (secondary N) is 1. The number of hydrogen-bond donors (Lipinski definition) is 1. The Morgan fingerprint density at radius 3 is 2.73 bits per heavy atom. The average Bonchev–Trinajstić information content (AvgIpc) is 3.11. The van der Waals surface area contributed by atoms with Crippen molar-refractivity contribution in [3.05, 3.63) is 70.5 Å². The van der Waals surface area contributed by atoms with Crippen LogP contribution in [0.3, 0.4) is 0 Å². The number of nitrogens with zero attached hydrogens (tertiary/aromatic N) is 3. The molecule has 4 rings (SSSR count). The van der Waals surface area contributed by atoms with Crippen LogP contribution < -0.4 is 5.56 Å². The second kappa shape index (κ2) is 7.09. The van der Waals surface area contributed by atoms with Crippen molar-refractivity contribution < 1.29 is 8.81 Å². The SMILES string of the molecule is O=c1[nH]c(CCSc2nnc(-c3ccc(F)cc3)o2)nc2ccccc12. The van der Waals surface area contributed by atoms with E-state index in [2.05, 4.69) is 20.2 Å². The molecule has 2 heterocycles. The molecule has 0 spiro atoms. The molecule has 2 aromatic carbocycles. The summed E-state index contributed by atoms with van der Waals surface area (Å²) < 4.78 is 18.5. The minimum atomic E-state index is -0.320. The minimum absolute atomic E-state index is 0.146. The quantitative estimate of drug-likeness (QED) is 0.543. The van der Waals surface area contributed by atoms with Gasteiger partial charge in [0.1, 0.15) is 11.6 Å². The summed E-state index contributed by atoms with van der Waals surface area (Å²) >= 11 is 1.37. The number of thioether (sulfide) groups is 1. The normalized spacial score (nSPS) is 11.1. The first-order chi connectivity index (χ1) is 12.7. The van der Waals surface area contributed by atoms with E-state index in [1.165, 1.54) is 23.9 Å². The summed E-state index contributed by atoms with van der Waals surface area (Å²) in [5.41, 5.74) is 1.19. The molecule has 0 saturated carbocycles. The van der Waals surface area contributed by atoms with Gasteiger partial charge in [0.15, 0.2) is 0 Å². The molecule has 0 radical (unpaired) electrons. The molecule has 0 aliphatic carbocycles. The zero-order valence-corrected chi connectivity index (χ0v) is 14.3. The molecule has 0 amide bonds. The van der Waals surface area contributed by atoms with Gasteiger partial charge < -0.3 is 9.40 Å². The van der Waals surface area contributed by atoms with Gasteiger partial charge in [-0.1, -0.05) is 23.9 Å². The van der Waals surface area contributed by atoms with Gasteiger partial charge in [-0.15, -0.1) is 10.2 Å². The molecule has 1 N–H and O–H groups in total. The number of halogens is 1. The van der Waals surface area contributed by atoms with E-state index in [-0.39, 0.29) is 11.4 Å². The fraction of sp³-hybridized carbons (Fsp3) is 0.111. The lowest BCUT2D eigenvalue weighted by atomic mass is 10.2. The molecular weight excluding hydrogens is 355 g/mol. The maximum Gasteiger partial charge on any atom is 0.276 e. The van der Waals surface area contributed by atoms with Crippen LogP contribution in [0.1, 0.15) is 5.82 Å². The Morgan fingerprint density at radius 1 is 1.08 bits per heavy atom. The molecule has 6 nitrogen and oxygen atoms in total. The molecule has 26 heavy (non-hydrogen) atoms. The Hall–Kier alpha value is -3.00. The fourth-order valence-electron chi connectivity index (χ4n) is 2.47. The third-order valence-electron chi connectivity index (χ3n) is 3.72. The van der Waals surface area contributed by atoms with E-state index in [1.54, 1.807) is 18.2 Å². The maximum absolute atomic E-state index is 13.0. The molecule has 130 valence electrons. The van der Waals surface area contributed by atoms with Gasteiger partial charge in [-0.25, -0.2) is 9.37 Å². The monoisotopic (exact) mass is 368 g/mol. The van der Waals surface area contributed by atoms with Crippen LogP contribution in [0.4, 0.5) is 4.39 Å². The van der Waals surface area contributed by atoms with Crippen LogP contribution in [-0.4, -0.2) is 25.9 Å². The van der Waals surface area contributed by atoms with E-state index in [0.29, 0.717) is 45.6 Å². The van der Waals surface area contributed by atoms with Crippen LogP contribution in [0.5, 0.6) is 0 Å². The summed E-state index contributed by atoms with van der Waals surface area (Å²) in [6, 6.07) is 13.1. The number of rotatable bonds is 5. The van der Waals surface area contributed by atoms with Crippen LogP contribution in [0.15, 0.2) is 63.0 Å². The zero-order valence-electron chi connectivity index (χ0n) is 13.5. The molecule has 2 aromatic heterocycles. The van der Waals surface area contributed by atoms with E-state index < -0.39 is 0 Å². The molecule has 0 aliphatic heterocycles. The molecule has 0 saturated heterocycles. The first kappa shape index (κ1) is 16.5. The lowest BCUT2D eigenvalue weighted by Crippen LogP contribution is -2.12. The number of aryl methyl sites for hydroxylation is 1. The Balaban J connectivity index is 1.42. The molecule has 8 heteroatoms. The summed E-state index contributed by atoms with van der Waals surface area (Å²) in [5.74, 6) is 1.25. The molecule has 0 unspecified atom stereocenters. The van der Waals surface area contributed by atoms with Gasteiger partial charge >= 0.3 is 0 Å². The van der Waals surface area contributed by atoms with Crippen molar-refractivity contribution in [1.82, 2.24) is 20.2 Å². The number of H-pyrrole nitrogens is 1. The highest BCUT2D eigenvalue weighted by molar-refractivity contribution is 7.99. The molecule has 0 bridgehead atoms. The van der Waals surface area contributed by atoms with Gasteiger partial charge in [0.25, 0.3) is 10.8 Å². The predicted molar refractivity (Wildman–Crippen MR) is 96.5 cm³/mol. The average molecular weight is 368 g/mol. The van der Waals surface area contributed by atoms with Crippen LogP contribution in [-0.2, 0) is 6.42 Å². The number of benzene rings is 2. The van der Waals surface area contributed by atoms with Gasteiger partial charge in [0.2, 0.25) is 5.89 Å². The Morgan fingerprint density at radius 2 is 1.88 bits per heavy atom. The third kappa shape index (κ3) is 3.50. The van der Waals surface area contributed by atoms with E-state index in [0.717, 1.165) is 0 Å². The summed E-state index contributed by atoms with van der Waals surface area (Å²) in [6.45, 7) is 0. The van der Waals surface area contributed by atoms with Crippen molar-refractivity contribution in [1.29, 1.82) is 0 Å². The number of aromatic amines is 1. The molecule has 0 fully saturated rings. The highest BCUT2D eigenvalue weighted by Gasteiger charge is 2.10. The molecule has 4 aromatic rings. The van der Waals surface area contributed by atoms with Gasteiger partial charge in [0, 0.05) is 17.7 Å². The van der Waals surface area contributed by atoms with Crippen molar-refractivity contribution in [3.63, 3.8) is 0 Å². The van der Waals surface area contributed by atoms with Crippen molar-refractivity contribution >= 4 is 22.7 Å². The number of fused-ring (bicyclic) bond motifs is 1. The maximum atomic E-state index is 13.0. The highest BCUT2D eigenvalue weighted by Crippen LogP contribution is 2.23. The minimum Gasteiger partial charge on any atom is -0.411 e. The first-order valence-corrected chi connectivity index (χ1v) is 8.88. The topological polar surface area (TPSA) is 84.7 Å². The Bertz CT molecular complexity index is 1110. The van der Waals surface area contributed by atoms with Crippen LogP contribution in [0, 0.1) is 5.82 Å². The zero-order chi connectivity index (χ0) is 17.9. The standard InChI is InChI=1S/C18H13FN4O2S/c19-12-7-5-11(6-8-12)17-22-23-18(25-17)26-10-9-15-20-14-4-2-1-3-13(14)16(24)21-15/h1-8H,9-10H2,(H,20,21,24). The van der Waals surface area contributed by atoms with Crippen molar-refractivity contribution in [3.8, 4) is 11.5 Å². The van der Waals surface area contributed by atoms with Crippen molar-refractivity contribution in [2.24, 2.45) is 0 Å². The molecule has 0 atom stereocenters. The van der Waals surface area contributed by atoms with Crippen LogP contribution >= 0.6 is 11.8 Å².